The minimum Gasteiger partial charge on any atom is -0.311 e. The average Bonchev–Trinajstić information content (AvgIpc) is 2.28. The molecule has 0 spiro atoms. The summed E-state index contributed by atoms with van der Waals surface area (Å²) in [5.74, 6) is 1.58. The van der Waals surface area contributed by atoms with Crippen molar-refractivity contribution in [2.24, 2.45) is 11.8 Å². The molecule has 2 unspecified atom stereocenters. The molecule has 1 N–H and O–H groups in total. The Morgan fingerprint density at radius 3 is 1.54 bits per heavy atom. The van der Waals surface area contributed by atoms with Crippen LogP contribution in [-0.2, 0) is 0 Å². The van der Waals surface area contributed by atoms with Gasteiger partial charge in [-0.3, -0.25) is 0 Å². The van der Waals surface area contributed by atoms with Gasteiger partial charge >= 0.3 is 0 Å². The lowest BCUT2D eigenvalue weighted by Crippen LogP contribution is -2.42. The van der Waals surface area contributed by atoms with Gasteiger partial charge in [-0.05, 0) is 24.7 Å². The fourth-order valence-corrected chi connectivity index (χ4v) is 2.22. The molecule has 0 amide bonds. The van der Waals surface area contributed by atoms with Gasteiger partial charge in [0.05, 0.1) is 0 Å². The van der Waals surface area contributed by atoms with Gasteiger partial charge in [0.25, 0.3) is 0 Å². The molecule has 0 aromatic rings. The van der Waals surface area contributed by atoms with Crippen molar-refractivity contribution in [2.75, 3.05) is 0 Å². The molecule has 1 fully saturated rings. The second-order valence-electron chi connectivity index (χ2n) is 5.15. The predicted molar refractivity (Wildman–Crippen MR) is 58.9 cm³/mol. The molecule has 1 aliphatic heterocycles. The molecule has 2 atom stereocenters. The SMILES string of the molecule is CC(C)C1CCCCC(C(C)C)N1. The molecule has 1 heteroatoms. The second-order valence-corrected chi connectivity index (χ2v) is 5.15. The van der Waals surface area contributed by atoms with Gasteiger partial charge in [-0.15, -0.1) is 0 Å². The van der Waals surface area contributed by atoms with Gasteiger partial charge in [0.2, 0.25) is 0 Å². The van der Waals surface area contributed by atoms with Crippen LogP contribution in [0.15, 0.2) is 0 Å². The van der Waals surface area contributed by atoms with E-state index in [2.05, 4.69) is 33.0 Å². The van der Waals surface area contributed by atoms with E-state index in [-0.39, 0.29) is 0 Å². The molecule has 0 saturated carbocycles. The third kappa shape index (κ3) is 3.30. The normalized spacial score (nSPS) is 30.9. The summed E-state index contributed by atoms with van der Waals surface area (Å²) in [6.45, 7) is 9.33. The maximum Gasteiger partial charge on any atom is 0.00927 e. The summed E-state index contributed by atoms with van der Waals surface area (Å²) in [6.07, 6.45) is 5.58. The Labute approximate surface area is 83.3 Å². The van der Waals surface area contributed by atoms with E-state index >= 15 is 0 Å². The van der Waals surface area contributed by atoms with Gasteiger partial charge in [-0.1, -0.05) is 40.5 Å². The lowest BCUT2D eigenvalue weighted by molar-refractivity contribution is 0.308. The minimum atomic E-state index is 0.759. The number of hydrogen-bond donors (Lipinski definition) is 1. The summed E-state index contributed by atoms with van der Waals surface area (Å²) in [7, 11) is 0. The molecular weight excluding hydrogens is 158 g/mol. The zero-order valence-corrected chi connectivity index (χ0v) is 9.64. The van der Waals surface area contributed by atoms with Crippen molar-refractivity contribution >= 4 is 0 Å². The highest BCUT2D eigenvalue weighted by Gasteiger charge is 2.22. The third-order valence-electron chi connectivity index (χ3n) is 3.32. The molecule has 1 nitrogen and oxygen atoms in total. The van der Waals surface area contributed by atoms with Gasteiger partial charge in [-0.25, -0.2) is 0 Å². The minimum absolute atomic E-state index is 0.759. The van der Waals surface area contributed by atoms with Gasteiger partial charge in [0, 0.05) is 12.1 Å². The first-order chi connectivity index (χ1) is 6.11. The van der Waals surface area contributed by atoms with Crippen LogP contribution in [0.4, 0.5) is 0 Å². The first-order valence-electron chi connectivity index (χ1n) is 5.87. The van der Waals surface area contributed by atoms with Crippen molar-refractivity contribution in [3.63, 3.8) is 0 Å². The van der Waals surface area contributed by atoms with Gasteiger partial charge in [0.1, 0.15) is 0 Å². The van der Waals surface area contributed by atoms with Crippen LogP contribution in [0.25, 0.3) is 0 Å². The zero-order valence-electron chi connectivity index (χ0n) is 9.64. The highest BCUT2D eigenvalue weighted by atomic mass is 15.0. The molecule has 1 heterocycles. The lowest BCUT2D eigenvalue weighted by Gasteiger charge is -2.27. The molecular formula is C12H25N. The van der Waals surface area contributed by atoms with Gasteiger partial charge < -0.3 is 5.32 Å². The molecule has 0 radical (unpaired) electrons. The first kappa shape index (κ1) is 11.0. The van der Waals surface area contributed by atoms with E-state index in [9.17, 15) is 0 Å². The molecule has 1 saturated heterocycles. The van der Waals surface area contributed by atoms with Crippen molar-refractivity contribution in [1.82, 2.24) is 5.32 Å². The van der Waals surface area contributed by atoms with Crippen molar-refractivity contribution in [2.45, 2.75) is 65.5 Å². The summed E-state index contributed by atoms with van der Waals surface area (Å²) in [6, 6.07) is 1.52. The Morgan fingerprint density at radius 1 is 0.846 bits per heavy atom. The van der Waals surface area contributed by atoms with Crippen LogP contribution in [0.1, 0.15) is 53.4 Å². The van der Waals surface area contributed by atoms with Crippen LogP contribution < -0.4 is 5.32 Å². The Bertz CT molecular complexity index is 124. The van der Waals surface area contributed by atoms with Crippen LogP contribution >= 0.6 is 0 Å². The number of hydrogen-bond acceptors (Lipinski definition) is 1. The van der Waals surface area contributed by atoms with E-state index < -0.39 is 0 Å². The maximum absolute atomic E-state index is 3.81. The van der Waals surface area contributed by atoms with E-state index in [0.29, 0.717) is 0 Å². The van der Waals surface area contributed by atoms with Gasteiger partial charge in [-0.2, -0.15) is 0 Å². The Morgan fingerprint density at radius 2 is 1.23 bits per heavy atom. The zero-order chi connectivity index (χ0) is 9.84. The number of nitrogens with one attached hydrogen (secondary N) is 1. The third-order valence-corrected chi connectivity index (χ3v) is 3.32. The molecule has 0 aliphatic carbocycles. The summed E-state index contributed by atoms with van der Waals surface area (Å²) in [5, 5.41) is 3.81. The Balaban J connectivity index is 2.49. The second kappa shape index (κ2) is 4.99. The average molecular weight is 183 g/mol. The molecule has 0 bridgehead atoms. The highest BCUT2D eigenvalue weighted by Crippen LogP contribution is 2.21. The fraction of sp³-hybridized carbons (Fsp3) is 1.00. The maximum atomic E-state index is 3.81. The smallest absolute Gasteiger partial charge is 0.00927 e. The Hall–Kier alpha value is -0.0400. The van der Waals surface area contributed by atoms with Crippen LogP contribution in [0.2, 0.25) is 0 Å². The van der Waals surface area contributed by atoms with E-state index in [1.807, 2.05) is 0 Å². The summed E-state index contributed by atoms with van der Waals surface area (Å²) in [5.41, 5.74) is 0. The largest absolute Gasteiger partial charge is 0.311 e. The lowest BCUT2D eigenvalue weighted by atomic mass is 9.98. The molecule has 78 valence electrons. The van der Waals surface area contributed by atoms with Crippen LogP contribution in [-0.4, -0.2) is 12.1 Å². The highest BCUT2D eigenvalue weighted by molar-refractivity contribution is 4.81. The molecule has 0 aromatic heterocycles. The summed E-state index contributed by atoms with van der Waals surface area (Å²) in [4.78, 5) is 0. The van der Waals surface area contributed by atoms with Gasteiger partial charge in [0.15, 0.2) is 0 Å². The molecule has 13 heavy (non-hydrogen) atoms. The van der Waals surface area contributed by atoms with Crippen LogP contribution in [0.3, 0.4) is 0 Å². The fourth-order valence-electron chi connectivity index (χ4n) is 2.22. The molecule has 1 aliphatic rings. The first-order valence-corrected chi connectivity index (χ1v) is 5.87. The van der Waals surface area contributed by atoms with E-state index in [0.717, 1.165) is 23.9 Å². The standard InChI is InChI=1S/C12H25N/c1-9(2)11-7-5-6-8-12(13-11)10(3)4/h9-13H,5-8H2,1-4H3. The van der Waals surface area contributed by atoms with E-state index in [1.165, 1.54) is 25.7 Å². The summed E-state index contributed by atoms with van der Waals surface area (Å²) < 4.78 is 0. The van der Waals surface area contributed by atoms with Crippen molar-refractivity contribution in [1.29, 1.82) is 0 Å². The quantitative estimate of drug-likeness (QED) is 0.693. The van der Waals surface area contributed by atoms with Crippen LogP contribution in [0.5, 0.6) is 0 Å². The van der Waals surface area contributed by atoms with Crippen molar-refractivity contribution < 1.29 is 0 Å². The predicted octanol–water partition coefficient (Wildman–Crippen LogP) is 3.20. The van der Waals surface area contributed by atoms with E-state index in [1.54, 1.807) is 0 Å². The summed E-state index contributed by atoms with van der Waals surface area (Å²) >= 11 is 0. The monoisotopic (exact) mass is 183 g/mol. The van der Waals surface area contributed by atoms with Crippen molar-refractivity contribution in [3.05, 3.63) is 0 Å². The Kier molecular flexibility index (Phi) is 4.24. The van der Waals surface area contributed by atoms with Crippen molar-refractivity contribution in [3.8, 4) is 0 Å². The molecule has 1 rings (SSSR count). The van der Waals surface area contributed by atoms with Crippen LogP contribution in [0, 0.1) is 11.8 Å². The molecule has 0 aromatic carbocycles. The topological polar surface area (TPSA) is 12.0 Å². The van der Waals surface area contributed by atoms with E-state index in [4.69, 9.17) is 0 Å². The number of rotatable bonds is 2.